The van der Waals surface area contributed by atoms with Crippen LogP contribution in [0.25, 0.3) is 0 Å². The van der Waals surface area contributed by atoms with Gasteiger partial charge in [0.2, 0.25) is 0 Å². The van der Waals surface area contributed by atoms with Crippen LogP contribution in [0.2, 0.25) is 0 Å². The van der Waals surface area contributed by atoms with Gasteiger partial charge in [0, 0.05) is 11.4 Å². The lowest BCUT2D eigenvalue weighted by molar-refractivity contribution is 0.595. The Hall–Kier alpha value is -0.300. The Morgan fingerprint density at radius 1 is 1.64 bits per heavy atom. The third-order valence-corrected chi connectivity index (χ3v) is 3.68. The summed E-state index contributed by atoms with van der Waals surface area (Å²) < 4.78 is 1.19. The normalized spacial score (nSPS) is 12.4. The van der Waals surface area contributed by atoms with Gasteiger partial charge in [-0.25, -0.2) is 0 Å². The van der Waals surface area contributed by atoms with Crippen molar-refractivity contribution < 1.29 is 0 Å². The minimum absolute atomic E-state index is 0.221. The van der Waals surface area contributed by atoms with Gasteiger partial charge in [-0.05, 0) is 40.9 Å². The first-order chi connectivity index (χ1) is 6.76. The average Bonchev–Trinajstić information content (AvgIpc) is 2.59. The molecule has 1 aromatic heterocycles. The molecular weight excluding hydrogens is 258 g/mol. The van der Waals surface area contributed by atoms with E-state index >= 15 is 0 Å². The topological polar surface area (TPSA) is 12.0 Å². The Labute approximate surface area is 98.0 Å². The third kappa shape index (κ3) is 3.83. The number of terminal acetylenes is 1. The molecule has 0 radical (unpaired) electrons. The molecule has 1 nitrogen and oxygen atoms in total. The lowest BCUT2D eigenvalue weighted by atomic mass is 10.2. The van der Waals surface area contributed by atoms with Gasteiger partial charge in [-0.3, -0.25) is 0 Å². The number of rotatable bonds is 5. The van der Waals surface area contributed by atoms with E-state index in [1.54, 1.807) is 11.3 Å². The molecule has 14 heavy (non-hydrogen) atoms. The summed E-state index contributed by atoms with van der Waals surface area (Å²) >= 11 is 5.23. The fourth-order valence-corrected chi connectivity index (χ4v) is 2.66. The van der Waals surface area contributed by atoms with Crippen molar-refractivity contribution >= 4 is 27.3 Å². The van der Waals surface area contributed by atoms with Crippen LogP contribution in [-0.4, -0.2) is 12.6 Å². The number of halogens is 1. The maximum absolute atomic E-state index is 5.35. The van der Waals surface area contributed by atoms with Crippen LogP contribution < -0.4 is 5.32 Å². The van der Waals surface area contributed by atoms with Crippen molar-refractivity contribution in [2.24, 2.45) is 0 Å². The molecule has 0 saturated heterocycles. The molecule has 1 unspecified atom stereocenters. The van der Waals surface area contributed by atoms with Crippen molar-refractivity contribution in [2.45, 2.75) is 25.8 Å². The average molecular weight is 272 g/mol. The fourth-order valence-electron chi connectivity index (χ4n) is 1.18. The van der Waals surface area contributed by atoms with Crippen molar-refractivity contribution in [3.05, 3.63) is 20.8 Å². The molecule has 1 rings (SSSR count). The summed E-state index contributed by atoms with van der Waals surface area (Å²) in [4.78, 5) is 1.39. The highest BCUT2D eigenvalue weighted by molar-refractivity contribution is 9.11. The molecule has 0 spiro atoms. The van der Waals surface area contributed by atoms with Crippen LogP contribution in [0.15, 0.2) is 15.9 Å². The number of hydrogen-bond donors (Lipinski definition) is 1. The molecule has 0 aromatic carbocycles. The summed E-state index contributed by atoms with van der Waals surface area (Å²) in [6.45, 7) is 3.05. The minimum Gasteiger partial charge on any atom is -0.303 e. The number of hydrogen-bond acceptors (Lipinski definition) is 2. The van der Waals surface area contributed by atoms with Gasteiger partial charge in [0.15, 0.2) is 0 Å². The Bertz CT molecular complexity index is 313. The van der Waals surface area contributed by atoms with Gasteiger partial charge in [0.25, 0.3) is 0 Å². The van der Waals surface area contributed by atoms with Crippen LogP contribution >= 0.6 is 27.3 Å². The Balaban J connectivity index is 2.25. The molecule has 1 N–H and O–H groups in total. The second kappa shape index (κ2) is 6.23. The predicted octanol–water partition coefficient (Wildman–Crippen LogP) is 3.05. The number of thiophene rings is 1. The van der Waals surface area contributed by atoms with E-state index in [4.69, 9.17) is 6.42 Å². The standard InChI is InChI=1S/C11H14BrNS/c1-3-9(4-2)13-8-7-10-5-6-11(12)14-10/h1,5-6,9,13H,4,7-8H2,2H3. The summed E-state index contributed by atoms with van der Waals surface area (Å²) in [5.41, 5.74) is 0. The first-order valence-corrected chi connectivity index (χ1v) is 6.31. The zero-order valence-electron chi connectivity index (χ0n) is 8.22. The summed E-state index contributed by atoms with van der Waals surface area (Å²) in [7, 11) is 0. The van der Waals surface area contributed by atoms with E-state index in [2.05, 4.69) is 46.2 Å². The maximum Gasteiger partial charge on any atom is 0.0701 e. The molecule has 76 valence electrons. The van der Waals surface area contributed by atoms with Crippen molar-refractivity contribution in [1.29, 1.82) is 0 Å². The van der Waals surface area contributed by atoms with Crippen molar-refractivity contribution in [2.75, 3.05) is 6.54 Å². The molecule has 0 aliphatic carbocycles. The van der Waals surface area contributed by atoms with Gasteiger partial charge in [0.1, 0.15) is 0 Å². The Morgan fingerprint density at radius 2 is 2.43 bits per heavy atom. The third-order valence-electron chi connectivity index (χ3n) is 2.00. The van der Waals surface area contributed by atoms with E-state index in [1.807, 2.05) is 0 Å². The van der Waals surface area contributed by atoms with Crippen molar-refractivity contribution in [3.63, 3.8) is 0 Å². The lowest BCUT2D eigenvalue weighted by Gasteiger charge is -2.09. The van der Waals surface area contributed by atoms with E-state index in [0.29, 0.717) is 0 Å². The minimum atomic E-state index is 0.221. The monoisotopic (exact) mass is 271 g/mol. The molecular formula is C11H14BrNS. The zero-order chi connectivity index (χ0) is 10.4. The molecule has 0 amide bonds. The van der Waals surface area contributed by atoms with E-state index in [9.17, 15) is 0 Å². The zero-order valence-corrected chi connectivity index (χ0v) is 10.6. The summed E-state index contributed by atoms with van der Waals surface area (Å²) in [5, 5.41) is 3.33. The largest absolute Gasteiger partial charge is 0.303 e. The Kier molecular flexibility index (Phi) is 5.24. The SMILES string of the molecule is C#CC(CC)NCCc1ccc(Br)s1. The summed E-state index contributed by atoms with van der Waals surface area (Å²) in [5.74, 6) is 2.73. The van der Waals surface area contributed by atoms with Crippen LogP contribution in [0.1, 0.15) is 18.2 Å². The summed E-state index contributed by atoms with van der Waals surface area (Å²) in [6, 6.07) is 4.45. The smallest absolute Gasteiger partial charge is 0.0701 e. The van der Waals surface area contributed by atoms with E-state index in [-0.39, 0.29) is 6.04 Å². The molecule has 1 heterocycles. The highest BCUT2D eigenvalue weighted by Crippen LogP contribution is 2.22. The summed E-state index contributed by atoms with van der Waals surface area (Å²) in [6.07, 6.45) is 7.39. The molecule has 1 aromatic rings. The quantitative estimate of drug-likeness (QED) is 0.812. The van der Waals surface area contributed by atoms with Gasteiger partial charge in [0.05, 0.1) is 9.83 Å². The van der Waals surface area contributed by atoms with Crippen LogP contribution in [0, 0.1) is 12.3 Å². The number of nitrogens with one attached hydrogen (secondary N) is 1. The Morgan fingerprint density at radius 3 is 2.93 bits per heavy atom. The second-order valence-corrected chi connectivity index (χ2v) is 5.59. The van der Waals surface area contributed by atoms with E-state index in [0.717, 1.165) is 19.4 Å². The molecule has 0 saturated carbocycles. The molecule has 0 aliphatic heterocycles. The molecule has 3 heteroatoms. The van der Waals surface area contributed by atoms with Crippen molar-refractivity contribution in [3.8, 4) is 12.3 Å². The van der Waals surface area contributed by atoms with Crippen molar-refractivity contribution in [1.82, 2.24) is 5.32 Å². The fraction of sp³-hybridized carbons (Fsp3) is 0.455. The van der Waals surface area contributed by atoms with Crippen LogP contribution in [0.3, 0.4) is 0 Å². The maximum atomic E-state index is 5.35. The van der Waals surface area contributed by atoms with Crippen LogP contribution in [0.4, 0.5) is 0 Å². The van der Waals surface area contributed by atoms with Crippen LogP contribution in [0.5, 0.6) is 0 Å². The highest BCUT2D eigenvalue weighted by atomic mass is 79.9. The molecule has 0 aliphatic rings. The van der Waals surface area contributed by atoms with Gasteiger partial charge >= 0.3 is 0 Å². The van der Waals surface area contributed by atoms with Crippen LogP contribution in [-0.2, 0) is 6.42 Å². The molecule has 0 bridgehead atoms. The lowest BCUT2D eigenvalue weighted by Crippen LogP contribution is -2.28. The van der Waals surface area contributed by atoms with E-state index < -0.39 is 0 Å². The highest BCUT2D eigenvalue weighted by Gasteiger charge is 2.01. The van der Waals surface area contributed by atoms with Gasteiger partial charge < -0.3 is 5.32 Å². The second-order valence-electron chi connectivity index (χ2n) is 3.04. The van der Waals surface area contributed by atoms with Gasteiger partial charge in [-0.15, -0.1) is 17.8 Å². The van der Waals surface area contributed by atoms with E-state index in [1.165, 1.54) is 8.66 Å². The first kappa shape index (κ1) is 11.8. The molecule has 0 fully saturated rings. The predicted molar refractivity (Wildman–Crippen MR) is 66.6 cm³/mol. The molecule has 1 atom stereocenters. The first-order valence-electron chi connectivity index (χ1n) is 4.70. The van der Waals surface area contributed by atoms with Gasteiger partial charge in [-0.2, -0.15) is 0 Å². The van der Waals surface area contributed by atoms with Gasteiger partial charge in [-0.1, -0.05) is 12.8 Å².